The van der Waals surface area contributed by atoms with Crippen molar-refractivity contribution in [3.05, 3.63) is 26.9 Å². The van der Waals surface area contributed by atoms with E-state index in [4.69, 9.17) is 23.2 Å². The molecule has 0 saturated carbocycles. The maximum Gasteiger partial charge on any atom is 0.273 e. The molecular formula is C7H7Cl2FN2O. The topological polar surface area (TPSA) is 34.9 Å². The largest absolute Gasteiger partial charge is 0.298 e. The van der Waals surface area contributed by atoms with E-state index in [-0.39, 0.29) is 23.1 Å². The molecule has 0 radical (unpaired) electrons. The van der Waals surface area contributed by atoms with Gasteiger partial charge >= 0.3 is 0 Å². The highest BCUT2D eigenvalue weighted by atomic mass is 35.5. The molecule has 3 nitrogen and oxygen atoms in total. The third-order valence-corrected chi connectivity index (χ3v) is 2.20. The number of hydrogen-bond acceptors (Lipinski definition) is 2. The molecule has 0 atom stereocenters. The summed E-state index contributed by atoms with van der Waals surface area (Å²) in [6, 6.07) is 0. The summed E-state index contributed by atoms with van der Waals surface area (Å²) in [5.74, 6) is 0. The van der Waals surface area contributed by atoms with E-state index in [1.165, 1.54) is 10.9 Å². The molecule has 0 fully saturated rings. The Hall–Kier alpha value is -0.610. The van der Waals surface area contributed by atoms with Crippen LogP contribution in [0.15, 0.2) is 11.1 Å². The Morgan fingerprint density at radius 2 is 2.23 bits per heavy atom. The van der Waals surface area contributed by atoms with Crippen molar-refractivity contribution in [1.82, 2.24) is 9.55 Å². The van der Waals surface area contributed by atoms with Crippen LogP contribution in [0.2, 0.25) is 10.2 Å². The van der Waals surface area contributed by atoms with Gasteiger partial charge in [0.1, 0.15) is 5.02 Å². The van der Waals surface area contributed by atoms with Crippen LogP contribution in [0, 0.1) is 0 Å². The fraction of sp³-hybridized carbons (Fsp3) is 0.429. The Morgan fingerprint density at radius 1 is 1.54 bits per heavy atom. The van der Waals surface area contributed by atoms with E-state index < -0.39 is 12.2 Å². The van der Waals surface area contributed by atoms with Gasteiger partial charge in [-0.1, -0.05) is 23.2 Å². The van der Waals surface area contributed by atoms with E-state index in [1.54, 1.807) is 0 Å². The Morgan fingerprint density at radius 3 is 2.85 bits per heavy atom. The lowest BCUT2D eigenvalue weighted by atomic mass is 10.4. The van der Waals surface area contributed by atoms with Crippen molar-refractivity contribution in [2.45, 2.75) is 13.0 Å². The van der Waals surface area contributed by atoms with Crippen LogP contribution in [0.4, 0.5) is 4.39 Å². The second kappa shape index (κ2) is 4.58. The molecule has 1 heterocycles. The number of nitrogens with zero attached hydrogens (tertiary/aromatic N) is 2. The molecule has 0 bridgehead atoms. The van der Waals surface area contributed by atoms with Crippen LogP contribution in [-0.2, 0) is 6.54 Å². The Labute approximate surface area is 84.1 Å². The standard InChI is InChI=1S/C7H7Cl2FN2O/c8-5-6(9)11-4-12(7(5)13)3-1-2-10/h4H,1-3H2. The number of alkyl halides is 1. The van der Waals surface area contributed by atoms with Crippen molar-refractivity contribution in [2.75, 3.05) is 6.67 Å². The SMILES string of the molecule is O=c1c(Cl)c(Cl)ncn1CCCF. The molecule has 0 amide bonds. The van der Waals surface area contributed by atoms with Crippen molar-refractivity contribution < 1.29 is 4.39 Å². The van der Waals surface area contributed by atoms with Crippen molar-refractivity contribution >= 4 is 23.2 Å². The molecule has 0 aliphatic heterocycles. The van der Waals surface area contributed by atoms with Crippen LogP contribution >= 0.6 is 23.2 Å². The highest BCUT2D eigenvalue weighted by molar-refractivity contribution is 6.40. The van der Waals surface area contributed by atoms with Crippen molar-refractivity contribution in [1.29, 1.82) is 0 Å². The third-order valence-electron chi connectivity index (χ3n) is 1.47. The number of halogens is 3. The lowest BCUT2D eigenvalue weighted by Crippen LogP contribution is -2.21. The molecule has 1 aromatic heterocycles. The minimum Gasteiger partial charge on any atom is -0.298 e. The van der Waals surface area contributed by atoms with Gasteiger partial charge in [-0.15, -0.1) is 0 Å². The molecule has 0 N–H and O–H groups in total. The predicted molar refractivity (Wildman–Crippen MR) is 49.1 cm³/mol. The molecule has 0 saturated heterocycles. The Balaban J connectivity index is 2.97. The van der Waals surface area contributed by atoms with Crippen molar-refractivity contribution in [2.24, 2.45) is 0 Å². The lowest BCUT2D eigenvalue weighted by molar-refractivity contribution is 0.442. The molecular weight excluding hydrogens is 218 g/mol. The van der Waals surface area contributed by atoms with Crippen molar-refractivity contribution in [3.8, 4) is 0 Å². The average Bonchev–Trinajstić information content (AvgIpc) is 2.13. The monoisotopic (exact) mass is 224 g/mol. The summed E-state index contributed by atoms with van der Waals surface area (Å²) in [5.41, 5.74) is -0.435. The summed E-state index contributed by atoms with van der Waals surface area (Å²) in [5, 5.41) is -0.147. The van der Waals surface area contributed by atoms with Gasteiger partial charge in [0, 0.05) is 6.54 Å². The van der Waals surface area contributed by atoms with Gasteiger partial charge in [-0.3, -0.25) is 13.8 Å². The quantitative estimate of drug-likeness (QED) is 0.736. The van der Waals surface area contributed by atoms with Crippen LogP contribution in [-0.4, -0.2) is 16.2 Å². The summed E-state index contributed by atoms with van der Waals surface area (Å²) >= 11 is 11.0. The molecule has 1 rings (SSSR count). The predicted octanol–water partition coefficient (Wildman–Crippen LogP) is 1.91. The van der Waals surface area contributed by atoms with Gasteiger partial charge in [0.25, 0.3) is 5.56 Å². The Bertz CT molecular complexity index is 353. The maximum absolute atomic E-state index is 11.8. The summed E-state index contributed by atoms with van der Waals surface area (Å²) in [4.78, 5) is 14.9. The fourth-order valence-electron chi connectivity index (χ4n) is 0.833. The summed E-state index contributed by atoms with van der Waals surface area (Å²) < 4.78 is 13.0. The molecule has 0 unspecified atom stereocenters. The first-order chi connectivity index (χ1) is 6.16. The zero-order chi connectivity index (χ0) is 9.84. The van der Waals surface area contributed by atoms with Crippen molar-refractivity contribution in [3.63, 3.8) is 0 Å². The van der Waals surface area contributed by atoms with E-state index >= 15 is 0 Å². The minimum absolute atomic E-state index is 0.0248. The van der Waals surface area contributed by atoms with Gasteiger partial charge < -0.3 is 0 Å². The first-order valence-electron chi connectivity index (χ1n) is 3.63. The number of hydrogen-bond donors (Lipinski definition) is 0. The first-order valence-corrected chi connectivity index (χ1v) is 4.39. The summed E-state index contributed by atoms with van der Waals surface area (Å²) in [7, 11) is 0. The first kappa shape index (κ1) is 10.5. The van der Waals surface area contributed by atoms with Gasteiger partial charge in [-0.05, 0) is 6.42 Å². The molecule has 0 spiro atoms. The van der Waals surface area contributed by atoms with E-state index in [0.29, 0.717) is 0 Å². The van der Waals surface area contributed by atoms with E-state index in [0.717, 1.165) is 0 Å². The van der Waals surface area contributed by atoms with Gasteiger partial charge in [0.05, 0.1) is 13.0 Å². The molecule has 72 valence electrons. The van der Waals surface area contributed by atoms with Gasteiger partial charge in [0.2, 0.25) is 0 Å². The van der Waals surface area contributed by atoms with Crippen LogP contribution in [0.5, 0.6) is 0 Å². The number of aryl methyl sites for hydroxylation is 1. The van der Waals surface area contributed by atoms with E-state index in [2.05, 4.69) is 4.98 Å². The second-order valence-electron chi connectivity index (χ2n) is 2.39. The molecule has 0 aliphatic rings. The molecule has 6 heteroatoms. The second-order valence-corrected chi connectivity index (χ2v) is 3.13. The van der Waals surface area contributed by atoms with Crippen LogP contribution < -0.4 is 5.56 Å². The highest BCUT2D eigenvalue weighted by Gasteiger charge is 2.06. The van der Waals surface area contributed by atoms with Crippen LogP contribution in [0.25, 0.3) is 0 Å². The number of aromatic nitrogens is 2. The zero-order valence-corrected chi connectivity index (χ0v) is 8.15. The Kier molecular flexibility index (Phi) is 3.69. The lowest BCUT2D eigenvalue weighted by Gasteiger charge is -2.03. The normalized spacial score (nSPS) is 10.4. The minimum atomic E-state index is -0.479. The highest BCUT2D eigenvalue weighted by Crippen LogP contribution is 2.12. The van der Waals surface area contributed by atoms with E-state index in [9.17, 15) is 9.18 Å². The third kappa shape index (κ3) is 2.42. The molecule has 13 heavy (non-hydrogen) atoms. The molecule has 1 aromatic rings. The van der Waals surface area contributed by atoms with Gasteiger partial charge in [-0.2, -0.15) is 0 Å². The molecule has 0 aromatic carbocycles. The van der Waals surface area contributed by atoms with Crippen LogP contribution in [0.1, 0.15) is 6.42 Å². The van der Waals surface area contributed by atoms with Crippen LogP contribution in [0.3, 0.4) is 0 Å². The molecule has 0 aliphatic carbocycles. The smallest absolute Gasteiger partial charge is 0.273 e. The van der Waals surface area contributed by atoms with Gasteiger partial charge in [0.15, 0.2) is 5.15 Å². The van der Waals surface area contributed by atoms with Gasteiger partial charge in [-0.25, -0.2) is 4.98 Å². The summed E-state index contributed by atoms with van der Waals surface area (Å²) in [6.07, 6.45) is 1.52. The fourth-order valence-corrected chi connectivity index (χ4v) is 1.12. The van der Waals surface area contributed by atoms with E-state index in [1.807, 2.05) is 0 Å². The zero-order valence-electron chi connectivity index (χ0n) is 6.64. The summed E-state index contributed by atoms with van der Waals surface area (Å²) in [6.45, 7) is -0.216. The maximum atomic E-state index is 11.8. The average molecular weight is 225 g/mol. The number of rotatable bonds is 3.